The van der Waals surface area contributed by atoms with E-state index >= 15 is 0 Å². The maximum Gasteiger partial charge on any atom is 0.274 e. The number of carbonyl (C=O) groups excluding carboxylic acids is 1. The standard InChI is InChI=1S/C17H18N4O/c1-2-3-10-19-14-8-9-16(20-12-14)17(22)21-15-7-5-4-6-13(15)11-18/h4-9,12,19H,2-3,10H2,1H3,(H,21,22). The molecule has 0 atom stereocenters. The molecule has 2 N–H and O–H groups in total. The molecule has 0 spiro atoms. The third kappa shape index (κ3) is 4.06. The summed E-state index contributed by atoms with van der Waals surface area (Å²) in [6, 6.07) is 12.4. The van der Waals surface area contributed by atoms with Crippen molar-refractivity contribution in [1.82, 2.24) is 4.98 Å². The summed E-state index contributed by atoms with van der Waals surface area (Å²) in [4.78, 5) is 16.3. The molecular weight excluding hydrogens is 276 g/mol. The quantitative estimate of drug-likeness (QED) is 0.800. The van der Waals surface area contributed by atoms with E-state index in [-0.39, 0.29) is 5.91 Å². The average Bonchev–Trinajstić information content (AvgIpc) is 2.56. The number of nitrogens with zero attached hydrogens (tertiary/aromatic N) is 2. The molecule has 22 heavy (non-hydrogen) atoms. The molecule has 1 aromatic heterocycles. The Hall–Kier alpha value is -2.87. The molecule has 112 valence electrons. The van der Waals surface area contributed by atoms with Crippen molar-refractivity contribution in [3.8, 4) is 6.07 Å². The second-order valence-electron chi connectivity index (χ2n) is 4.82. The number of aromatic nitrogens is 1. The van der Waals surface area contributed by atoms with Crippen LogP contribution < -0.4 is 10.6 Å². The number of benzene rings is 1. The molecular formula is C17H18N4O. The molecule has 2 aromatic rings. The third-order valence-electron chi connectivity index (χ3n) is 3.15. The van der Waals surface area contributed by atoms with Gasteiger partial charge in [0.15, 0.2) is 0 Å². The Morgan fingerprint density at radius 1 is 1.27 bits per heavy atom. The molecule has 0 saturated heterocycles. The number of carbonyl (C=O) groups is 1. The third-order valence-corrected chi connectivity index (χ3v) is 3.15. The fraction of sp³-hybridized carbons (Fsp3) is 0.235. The summed E-state index contributed by atoms with van der Waals surface area (Å²) < 4.78 is 0. The smallest absolute Gasteiger partial charge is 0.274 e. The molecule has 0 unspecified atom stereocenters. The Morgan fingerprint density at radius 2 is 2.09 bits per heavy atom. The lowest BCUT2D eigenvalue weighted by atomic mass is 10.2. The number of nitrogens with one attached hydrogen (secondary N) is 2. The van der Waals surface area contributed by atoms with Gasteiger partial charge in [0.2, 0.25) is 0 Å². The summed E-state index contributed by atoms with van der Waals surface area (Å²) in [5.74, 6) is -0.331. The first-order valence-corrected chi connectivity index (χ1v) is 7.25. The van der Waals surface area contributed by atoms with Gasteiger partial charge in [0.1, 0.15) is 11.8 Å². The zero-order valence-electron chi connectivity index (χ0n) is 12.5. The molecule has 0 aliphatic rings. The van der Waals surface area contributed by atoms with E-state index in [1.54, 1.807) is 36.5 Å². The van der Waals surface area contributed by atoms with Crippen LogP contribution in [0.1, 0.15) is 35.8 Å². The first-order valence-electron chi connectivity index (χ1n) is 7.25. The van der Waals surface area contributed by atoms with E-state index < -0.39 is 0 Å². The van der Waals surface area contributed by atoms with Crippen LogP contribution in [0.2, 0.25) is 0 Å². The molecule has 0 saturated carbocycles. The van der Waals surface area contributed by atoms with Crippen LogP contribution in [0, 0.1) is 11.3 Å². The fourth-order valence-electron chi connectivity index (χ4n) is 1.92. The number of nitriles is 1. The van der Waals surface area contributed by atoms with Gasteiger partial charge in [0.05, 0.1) is 23.1 Å². The minimum absolute atomic E-state index is 0.314. The van der Waals surface area contributed by atoms with Crippen LogP contribution in [-0.2, 0) is 0 Å². The minimum Gasteiger partial charge on any atom is -0.384 e. The second kappa shape index (κ2) is 7.79. The zero-order valence-corrected chi connectivity index (χ0v) is 12.5. The number of anilines is 2. The minimum atomic E-state index is -0.331. The predicted molar refractivity (Wildman–Crippen MR) is 86.7 cm³/mol. The van der Waals surface area contributed by atoms with Crippen LogP contribution in [0.5, 0.6) is 0 Å². The summed E-state index contributed by atoms with van der Waals surface area (Å²) in [6.07, 6.45) is 3.85. The van der Waals surface area contributed by atoms with Crippen LogP contribution in [-0.4, -0.2) is 17.4 Å². The van der Waals surface area contributed by atoms with Crippen LogP contribution >= 0.6 is 0 Å². The molecule has 1 heterocycles. The van der Waals surface area contributed by atoms with E-state index in [9.17, 15) is 4.79 Å². The van der Waals surface area contributed by atoms with Gasteiger partial charge in [-0.05, 0) is 30.7 Å². The first-order chi connectivity index (χ1) is 10.7. The summed E-state index contributed by atoms with van der Waals surface area (Å²) in [5.41, 5.74) is 2.12. The number of para-hydroxylation sites is 1. The van der Waals surface area contributed by atoms with Gasteiger partial charge in [-0.3, -0.25) is 4.79 Å². The second-order valence-corrected chi connectivity index (χ2v) is 4.82. The van der Waals surface area contributed by atoms with Gasteiger partial charge in [0, 0.05) is 6.54 Å². The van der Waals surface area contributed by atoms with E-state index in [0.717, 1.165) is 25.1 Å². The topological polar surface area (TPSA) is 77.8 Å². The van der Waals surface area contributed by atoms with E-state index in [4.69, 9.17) is 5.26 Å². The maximum absolute atomic E-state index is 12.2. The van der Waals surface area contributed by atoms with Gasteiger partial charge in [-0.1, -0.05) is 25.5 Å². The fourth-order valence-corrected chi connectivity index (χ4v) is 1.92. The number of unbranched alkanes of at least 4 members (excludes halogenated alkanes) is 1. The van der Waals surface area contributed by atoms with Gasteiger partial charge < -0.3 is 10.6 Å². The zero-order chi connectivity index (χ0) is 15.8. The molecule has 0 aliphatic carbocycles. The molecule has 0 fully saturated rings. The predicted octanol–water partition coefficient (Wildman–Crippen LogP) is 3.42. The maximum atomic E-state index is 12.2. The highest BCUT2D eigenvalue weighted by Gasteiger charge is 2.09. The molecule has 2 rings (SSSR count). The van der Waals surface area contributed by atoms with E-state index in [1.165, 1.54) is 0 Å². The largest absolute Gasteiger partial charge is 0.384 e. The Bertz CT molecular complexity index is 674. The van der Waals surface area contributed by atoms with Crippen LogP contribution in [0.25, 0.3) is 0 Å². The molecule has 0 bridgehead atoms. The van der Waals surface area contributed by atoms with Gasteiger partial charge in [-0.15, -0.1) is 0 Å². The summed E-state index contributed by atoms with van der Waals surface area (Å²) in [7, 11) is 0. The Balaban J connectivity index is 2.02. The highest BCUT2D eigenvalue weighted by Crippen LogP contribution is 2.15. The molecule has 1 aromatic carbocycles. The van der Waals surface area contributed by atoms with Gasteiger partial charge in [-0.2, -0.15) is 5.26 Å². The van der Waals surface area contributed by atoms with Gasteiger partial charge in [0.25, 0.3) is 5.91 Å². The lowest BCUT2D eigenvalue weighted by molar-refractivity contribution is 0.102. The van der Waals surface area contributed by atoms with Crippen molar-refractivity contribution in [2.75, 3.05) is 17.2 Å². The van der Waals surface area contributed by atoms with Crippen molar-refractivity contribution < 1.29 is 4.79 Å². The Morgan fingerprint density at radius 3 is 2.77 bits per heavy atom. The molecule has 5 heteroatoms. The number of hydrogen-bond acceptors (Lipinski definition) is 4. The van der Waals surface area contributed by atoms with Crippen molar-refractivity contribution in [2.24, 2.45) is 0 Å². The van der Waals surface area contributed by atoms with Crippen molar-refractivity contribution in [1.29, 1.82) is 5.26 Å². The van der Waals surface area contributed by atoms with Crippen molar-refractivity contribution in [3.05, 3.63) is 53.9 Å². The van der Waals surface area contributed by atoms with Crippen LogP contribution in [0.3, 0.4) is 0 Å². The monoisotopic (exact) mass is 294 g/mol. The highest BCUT2D eigenvalue weighted by molar-refractivity contribution is 6.03. The highest BCUT2D eigenvalue weighted by atomic mass is 16.1. The Labute approximate surface area is 130 Å². The summed E-state index contributed by atoms with van der Waals surface area (Å²) >= 11 is 0. The van der Waals surface area contributed by atoms with E-state index in [2.05, 4.69) is 22.5 Å². The molecule has 0 radical (unpaired) electrons. The number of hydrogen-bond donors (Lipinski definition) is 2. The van der Waals surface area contributed by atoms with Crippen molar-refractivity contribution in [3.63, 3.8) is 0 Å². The molecule has 5 nitrogen and oxygen atoms in total. The van der Waals surface area contributed by atoms with Crippen LogP contribution in [0.15, 0.2) is 42.6 Å². The SMILES string of the molecule is CCCCNc1ccc(C(=O)Nc2ccccc2C#N)nc1. The lowest BCUT2D eigenvalue weighted by Crippen LogP contribution is -2.14. The van der Waals surface area contributed by atoms with Crippen LogP contribution in [0.4, 0.5) is 11.4 Å². The van der Waals surface area contributed by atoms with Gasteiger partial charge in [-0.25, -0.2) is 4.98 Å². The molecule has 0 aliphatic heterocycles. The van der Waals surface area contributed by atoms with Crippen molar-refractivity contribution in [2.45, 2.75) is 19.8 Å². The van der Waals surface area contributed by atoms with Crippen molar-refractivity contribution >= 4 is 17.3 Å². The summed E-state index contributed by atoms with van der Waals surface area (Å²) in [6.45, 7) is 3.02. The van der Waals surface area contributed by atoms with E-state index in [1.807, 2.05) is 12.1 Å². The van der Waals surface area contributed by atoms with E-state index in [0.29, 0.717) is 16.9 Å². The van der Waals surface area contributed by atoms with Gasteiger partial charge >= 0.3 is 0 Å². The first kappa shape index (κ1) is 15.5. The molecule has 1 amide bonds. The normalized spacial score (nSPS) is 9.82. The Kier molecular flexibility index (Phi) is 5.50. The summed E-state index contributed by atoms with van der Waals surface area (Å²) in [5, 5.41) is 15.0. The number of rotatable bonds is 6. The average molecular weight is 294 g/mol. The number of amides is 1. The lowest BCUT2D eigenvalue weighted by Gasteiger charge is -2.08. The number of pyridine rings is 1.